The summed E-state index contributed by atoms with van der Waals surface area (Å²) in [6.07, 6.45) is 1.50. The molecule has 0 unspecified atom stereocenters. The Labute approximate surface area is 117 Å². The predicted octanol–water partition coefficient (Wildman–Crippen LogP) is 1.80. The van der Waals surface area contributed by atoms with Gasteiger partial charge in [-0.1, -0.05) is 11.6 Å². The lowest BCUT2D eigenvalue weighted by molar-refractivity contribution is -0.116. The number of amides is 2. The maximum Gasteiger partial charge on any atom is 0.251 e. The highest BCUT2D eigenvalue weighted by Gasteiger charge is 2.09. The van der Waals surface area contributed by atoms with Crippen LogP contribution >= 0.6 is 11.6 Å². The summed E-state index contributed by atoms with van der Waals surface area (Å²) in [6.45, 7) is 0.0696. The lowest BCUT2D eigenvalue weighted by atomic mass is 10.1. The van der Waals surface area contributed by atoms with E-state index in [-0.39, 0.29) is 18.4 Å². The van der Waals surface area contributed by atoms with E-state index in [1.165, 1.54) is 13.1 Å². The first kappa shape index (κ1) is 15.5. The molecule has 0 aromatic heterocycles. The second kappa shape index (κ2) is 7.76. The summed E-state index contributed by atoms with van der Waals surface area (Å²) >= 11 is 5.96. The molecule has 0 aliphatic carbocycles. The number of unbranched alkanes of at least 4 members (excludes halogenated alkanes) is 1. The van der Waals surface area contributed by atoms with Crippen molar-refractivity contribution < 1.29 is 14.7 Å². The average molecular weight is 285 g/mol. The average Bonchev–Trinajstić information content (AvgIpc) is 2.40. The molecule has 1 aromatic rings. The van der Waals surface area contributed by atoms with Crippen LogP contribution in [0.5, 0.6) is 0 Å². The van der Waals surface area contributed by atoms with Gasteiger partial charge in [-0.25, -0.2) is 0 Å². The molecule has 19 heavy (non-hydrogen) atoms. The van der Waals surface area contributed by atoms with Gasteiger partial charge in [0.05, 0.1) is 10.7 Å². The van der Waals surface area contributed by atoms with Gasteiger partial charge < -0.3 is 15.7 Å². The maximum atomic E-state index is 11.6. The fourth-order valence-electron chi connectivity index (χ4n) is 1.52. The normalized spacial score (nSPS) is 10.1. The Hall–Kier alpha value is -1.59. The van der Waals surface area contributed by atoms with Gasteiger partial charge >= 0.3 is 0 Å². The van der Waals surface area contributed by atoms with E-state index in [4.69, 9.17) is 16.7 Å². The fourth-order valence-corrected chi connectivity index (χ4v) is 1.68. The van der Waals surface area contributed by atoms with E-state index in [1.54, 1.807) is 12.1 Å². The molecule has 3 N–H and O–H groups in total. The molecule has 2 amide bonds. The van der Waals surface area contributed by atoms with Crippen LogP contribution in [0.1, 0.15) is 29.6 Å². The third kappa shape index (κ3) is 4.89. The van der Waals surface area contributed by atoms with Gasteiger partial charge in [0.2, 0.25) is 5.91 Å². The highest BCUT2D eigenvalue weighted by Crippen LogP contribution is 2.23. The molecule has 0 atom stereocenters. The first-order valence-corrected chi connectivity index (χ1v) is 6.38. The molecule has 1 rings (SSSR count). The number of nitrogens with one attached hydrogen (secondary N) is 2. The van der Waals surface area contributed by atoms with Crippen molar-refractivity contribution in [2.24, 2.45) is 0 Å². The Balaban J connectivity index is 2.71. The molecule has 0 fully saturated rings. The summed E-state index contributed by atoms with van der Waals surface area (Å²) in [7, 11) is 1.53. The quantitative estimate of drug-likeness (QED) is 0.697. The Kier molecular flexibility index (Phi) is 6.32. The molecule has 1 aromatic carbocycles. The van der Waals surface area contributed by atoms with Crippen molar-refractivity contribution in [1.82, 2.24) is 5.32 Å². The number of hydrogen-bond acceptors (Lipinski definition) is 3. The van der Waals surface area contributed by atoms with Gasteiger partial charge in [0.15, 0.2) is 0 Å². The van der Waals surface area contributed by atoms with Crippen molar-refractivity contribution in [3.05, 3.63) is 28.8 Å². The Bertz CT molecular complexity index is 463. The second-order valence-electron chi connectivity index (χ2n) is 4.00. The molecule has 104 valence electrons. The minimum Gasteiger partial charge on any atom is -0.396 e. The molecule has 0 heterocycles. The van der Waals surface area contributed by atoms with E-state index < -0.39 is 0 Å². The van der Waals surface area contributed by atoms with E-state index in [9.17, 15) is 9.59 Å². The van der Waals surface area contributed by atoms with Crippen molar-refractivity contribution in [3.63, 3.8) is 0 Å². The van der Waals surface area contributed by atoms with E-state index >= 15 is 0 Å². The molecule has 0 radical (unpaired) electrons. The standard InChI is InChI=1S/C13H17ClN2O3/c1-15-13(19)9-5-6-10(14)11(8-9)16-12(18)4-2-3-7-17/h5-6,8,17H,2-4,7H2,1H3,(H,15,19)(H,16,18). The maximum absolute atomic E-state index is 11.6. The SMILES string of the molecule is CNC(=O)c1ccc(Cl)c(NC(=O)CCCCO)c1. The molecule has 0 aliphatic rings. The number of benzene rings is 1. The van der Waals surface area contributed by atoms with Gasteiger partial charge in [0, 0.05) is 25.6 Å². The zero-order chi connectivity index (χ0) is 14.3. The number of aliphatic hydroxyl groups is 1. The lowest BCUT2D eigenvalue weighted by Gasteiger charge is -2.09. The van der Waals surface area contributed by atoms with Gasteiger partial charge in [-0.3, -0.25) is 9.59 Å². The zero-order valence-corrected chi connectivity index (χ0v) is 11.5. The number of rotatable bonds is 6. The minimum atomic E-state index is -0.243. The molecule has 0 saturated carbocycles. The van der Waals surface area contributed by atoms with Crippen LogP contribution in [0.25, 0.3) is 0 Å². The second-order valence-corrected chi connectivity index (χ2v) is 4.41. The van der Waals surface area contributed by atoms with E-state index in [1.807, 2.05) is 0 Å². The lowest BCUT2D eigenvalue weighted by Crippen LogP contribution is -2.18. The van der Waals surface area contributed by atoms with E-state index in [2.05, 4.69) is 10.6 Å². The van der Waals surface area contributed by atoms with Crippen molar-refractivity contribution in [2.45, 2.75) is 19.3 Å². The summed E-state index contributed by atoms with van der Waals surface area (Å²) in [5, 5.41) is 14.2. The summed E-state index contributed by atoms with van der Waals surface area (Å²) < 4.78 is 0. The first-order valence-electron chi connectivity index (χ1n) is 6.01. The molecule has 0 bridgehead atoms. The number of aliphatic hydroxyl groups excluding tert-OH is 1. The number of hydrogen-bond donors (Lipinski definition) is 3. The molecule has 0 aliphatic heterocycles. The van der Waals surface area contributed by atoms with Crippen LogP contribution < -0.4 is 10.6 Å². The van der Waals surface area contributed by atoms with Gasteiger partial charge in [-0.2, -0.15) is 0 Å². The molecule has 0 saturated heterocycles. The van der Waals surface area contributed by atoms with E-state index in [0.717, 1.165) is 0 Å². The van der Waals surface area contributed by atoms with Crippen LogP contribution in [0.15, 0.2) is 18.2 Å². The molecule has 5 nitrogen and oxygen atoms in total. The van der Waals surface area contributed by atoms with Gasteiger partial charge in [-0.05, 0) is 31.0 Å². The predicted molar refractivity (Wildman–Crippen MR) is 74.4 cm³/mol. The smallest absolute Gasteiger partial charge is 0.251 e. The molecular weight excluding hydrogens is 268 g/mol. The molecule has 0 spiro atoms. The van der Waals surface area contributed by atoms with Crippen LogP contribution in [-0.4, -0.2) is 30.6 Å². The van der Waals surface area contributed by atoms with Crippen LogP contribution in [-0.2, 0) is 4.79 Å². The van der Waals surface area contributed by atoms with Gasteiger partial charge in [0.1, 0.15) is 0 Å². The van der Waals surface area contributed by atoms with Crippen LogP contribution in [0.2, 0.25) is 5.02 Å². The molecular formula is C13H17ClN2O3. The third-order valence-electron chi connectivity index (χ3n) is 2.54. The Morgan fingerprint density at radius 3 is 2.68 bits per heavy atom. The van der Waals surface area contributed by atoms with Crippen molar-refractivity contribution in [3.8, 4) is 0 Å². The largest absolute Gasteiger partial charge is 0.396 e. The number of carbonyl (C=O) groups excluding carboxylic acids is 2. The van der Waals surface area contributed by atoms with Crippen molar-refractivity contribution >= 4 is 29.1 Å². The van der Waals surface area contributed by atoms with Gasteiger partial charge in [-0.15, -0.1) is 0 Å². The van der Waals surface area contributed by atoms with Crippen molar-refractivity contribution in [2.75, 3.05) is 19.0 Å². The molecule has 6 heteroatoms. The number of halogens is 1. The zero-order valence-electron chi connectivity index (χ0n) is 10.7. The summed E-state index contributed by atoms with van der Waals surface area (Å²) in [6, 6.07) is 4.68. The van der Waals surface area contributed by atoms with E-state index in [0.29, 0.717) is 35.5 Å². The highest BCUT2D eigenvalue weighted by molar-refractivity contribution is 6.33. The summed E-state index contributed by atoms with van der Waals surface area (Å²) in [5.41, 5.74) is 0.842. The van der Waals surface area contributed by atoms with Crippen LogP contribution in [0.3, 0.4) is 0 Å². The number of anilines is 1. The summed E-state index contributed by atoms with van der Waals surface area (Å²) in [4.78, 5) is 23.1. The first-order chi connectivity index (χ1) is 9.08. The minimum absolute atomic E-state index is 0.0696. The highest BCUT2D eigenvalue weighted by atomic mass is 35.5. The summed E-state index contributed by atoms with van der Waals surface area (Å²) in [5.74, 6) is -0.433. The van der Waals surface area contributed by atoms with Crippen molar-refractivity contribution in [1.29, 1.82) is 0 Å². The van der Waals surface area contributed by atoms with Gasteiger partial charge in [0.25, 0.3) is 5.91 Å². The topological polar surface area (TPSA) is 78.4 Å². The van der Waals surface area contributed by atoms with Crippen LogP contribution in [0, 0.1) is 0 Å². The Morgan fingerprint density at radius 2 is 2.05 bits per heavy atom. The monoisotopic (exact) mass is 284 g/mol. The Morgan fingerprint density at radius 1 is 1.32 bits per heavy atom. The third-order valence-corrected chi connectivity index (χ3v) is 2.87. The van der Waals surface area contributed by atoms with Crippen LogP contribution in [0.4, 0.5) is 5.69 Å². The number of carbonyl (C=O) groups is 2. The fraction of sp³-hybridized carbons (Fsp3) is 0.385.